The van der Waals surface area contributed by atoms with Crippen LogP contribution in [0.2, 0.25) is 0 Å². The SMILES string of the molecule is Cc1cc(Nc2ncnc(-c3ccccc3C#N)n2)ccc1C1CCNCC1. The quantitative estimate of drug-likeness (QED) is 0.724. The van der Waals surface area contributed by atoms with Gasteiger partial charge in [0.2, 0.25) is 5.95 Å². The number of hydrogen-bond acceptors (Lipinski definition) is 6. The molecule has 1 aliphatic rings. The molecule has 140 valence electrons. The first kappa shape index (κ1) is 18.1. The van der Waals surface area contributed by atoms with Crippen molar-refractivity contribution in [3.8, 4) is 17.5 Å². The second-order valence-electron chi connectivity index (χ2n) is 7.01. The largest absolute Gasteiger partial charge is 0.324 e. The van der Waals surface area contributed by atoms with E-state index in [1.54, 1.807) is 6.07 Å². The van der Waals surface area contributed by atoms with Crippen LogP contribution in [0.25, 0.3) is 11.4 Å². The fraction of sp³-hybridized carbons (Fsp3) is 0.273. The zero-order chi connectivity index (χ0) is 19.3. The third kappa shape index (κ3) is 3.85. The first-order valence-electron chi connectivity index (χ1n) is 9.51. The molecule has 3 aromatic rings. The normalized spacial score (nSPS) is 14.4. The first-order valence-corrected chi connectivity index (χ1v) is 9.51. The number of nitrogens with zero attached hydrogens (tertiary/aromatic N) is 4. The van der Waals surface area contributed by atoms with Gasteiger partial charge in [-0.2, -0.15) is 10.2 Å². The molecule has 0 atom stereocenters. The Morgan fingerprint density at radius 2 is 1.93 bits per heavy atom. The van der Waals surface area contributed by atoms with Gasteiger partial charge in [0, 0.05) is 11.3 Å². The molecule has 0 unspecified atom stereocenters. The molecular weight excluding hydrogens is 348 g/mol. The molecule has 2 aromatic carbocycles. The third-order valence-corrected chi connectivity index (χ3v) is 5.17. The predicted molar refractivity (Wildman–Crippen MR) is 109 cm³/mol. The average Bonchev–Trinajstić information content (AvgIpc) is 2.74. The van der Waals surface area contributed by atoms with Crippen LogP contribution in [0.4, 0.5) is 11.6 Å². The van der Waals surface area contributed by atoms with Crippen LogP contribution in [0.1, 0.15) is 35.4 Å². The van der Waals surface area contributed by atoms with Gasteiger partial charge in [-0.1, -0.05) is 18.2 Å². The van der Waals surface area contributed by atoms with E-state index in [0.717, 1.165) is 18.8 Å². The van der Waals surface area contributed by atoms with Gasteiger partial charge >= 0.3 is 0 Å². The summed E-state index contributed by atoms with van der Waals surface area (Å²) in [6.07, 6.45) is 3.83. The number of anilines is 2. The zero-order valence-electron chi connectivity index (χ0n) is 15.8. The first-order chi connectivity index (χ1) is 13.7. The fourth-order valence-electron chi connectivity index (χ4n) is 3.74. The van der Waals surface area contributed by atoms with Crippen molar-refractivity contribution in [3.63, 3.8) is 0 Å². The lowest BCUT2D eigenvalue weighted by atomic mass is 9.87. The molecule has 1 aliphatic heterocycles. The van der Waals surface area contributed by atoms with Crippen LogP contribution >= 0.6 is 0 Å². The van der Waals surface area contributed by atoms with Crippen LogP contribution in [-0.2, 0) is 0 Å². The third-order valence-electron chi connectivity index (χ3n) is 5.17. The maximum Gasteiger partial charge on any atom is 0.230 e. The standard InChI is InChI=1S/C22H22N6/c1-15-12-18(6-7-19(15)16-8-10-24-11-9-16)27-22-26-14-25-21(28-22)20-5-3-2-4-17(20)13-23/h2-7,12,14,16,24H,8-11H2,1H3,(H,25,26,27,28). The molecule has 0 spiro atoms. The summed E-state index contributed by atoms with van der Waals surface area (Å²) in [6, 6.07) is 15.9. The summed E-state index contributed by atoms with van der Waals surface area (Å²) in [7, 11) is 0. The molecule has 4 rings (SSSR count). The Labute approximate surface area is 164 Å². The highest BCUT2D eigenvalue weighted by molar-refractivity contribution is 5.65. The van der Waals surface area contributed by atoms with Crippen molar-refractivity contribution < 1.29 is 0 Å². The lowest BCUT2D eigenvalue weighted by Crippen LogP contribution is -2.26. The molecule has 1 saturated heterocycles. The van der Waals surface area contributed by atoms with Crippen molar-refractivity contribution in [2.45, 2.75) is 25.7 Å². The summed E-state index contributed by atoms with van der Waals surface area (Å²) >= 11 is 0. The van der Waals surface area contributed by atoms with Gasteiger partial charge in [0.1, 0.15) is 6.33 Å². The summed E-state index contributed by atoms with van der Waals surface area (Å²) < 4.78 is 0. The topological polar surface area (TPSA) is 86.5 Å². The Hall–Kier alpha value is -3.30. The van der Waals surface area contributed by atoms with Gasteiger partial charge in [-0.3, -0.25) is 0 Å². The van der Waals surface area contributed by atoms with Gasteiger partial charge in [0.15, 0.2) is 5.82 Å². The minimum atomic E-state index is 0.465. The van der Waals surface area contributed by atoms with E-state index in [-0.39, 0.29) is 0 Å². The van der Waals surface area contributed by atoms with Gasteiger partial charge in [-0.15, -0.1) is 0 Å². The summed E-state index contributed by atoms with van der Waals surface area (Å²) in [4.78, 5) is 13.0. The molecular formula is C22H22N6. The number of aryl methyl sites for hydroxylation is 1. The van der Waals surface area contributed by atoms with Crippen molar-refractivity contribution in [2.24, 2.45) is 0 Å². The number of rotatable bonds is 4. The molecule has 1 fully saturated rings. The molecule has 0 radical (unpaired) electrons. The maximum absolute atomic E-state index is 9.31. The lowest BCUT2D eigenvalue weighted by molar-refractivity contribution is 0.459. The van der Waals surface area contributed by atoms with Crippen molar-refractivity contribution in [3.05, 3.63) is 65.5 Å². The maximum atomic E-state index is 9.31. The van der Waals surface area contributed by atoms with Crippen molar-refractivity contribution in [2.75, 3.05) is 18.4 Å². The average molecular weight is 370 g/mol. The van der Waals surface area contributed by atoms with Gasteiger partial charge in [-0.05, 0) is 74.2 Å². The summed E-state index contributed by atoms with van der Waals surface area (Å²) in [5.74, 6) is 1.58. The van der Waals surface area contributed by atoms with Gasteiger partial charge < -0.3 is 10.6 Å². The highest BCUT2D eigenvalue weighted by Crippen LogP contribution is 2.30. The van der Waals surface area contributed by atoms with Crippen molar-refractivity contribution in [1.82, 2.24) is 20.3 Å². The summed E-state index contributed by atoms with van der Waals surface area (Å²) in [5.41, 5.74) is 4.89. The van der Waals surface area contributed by atoms with Crippen LogP contribution in [-0.4, -0.2) is 28.0 Å². The van der Waals surface area contributed by atoms with Crippen LogP contribution in [0.15, 0.2) is 48.8 Å². The van der Waals surface area contributed by atoms with Crippen molar-refractivity contribution >= 4 is 11.6 Å². The second-order valence-corrected chi connectivity index (χ2v) is 7.01. The summed E-state index contributed by atoms with van der Waals surface area (Å²) in [5, 5.41) is 16.0. The van der Waals surface area contributed by atoms with E-state index in [1.165, 1.54) is 30.3 Å². The Morgan fingerprint density at radius 1 is 1.11 bits per heavy atom. The Kier molecular flexibility index (Phi) is 5.27. The predicted octanol–water partition coefficient (Wildman–Crippen LogP) is 3.93. The van der Waals surface area contributed by atoms with E-state index >= 15 is 0 Å². The molecule has 6 heteroatoms. The molecule has 0 amide bonds. The smallest absolute Gasteiger partial charge is 0.230 e. The number of nitriles is 1. The van der Waals surface area contributed by atoms with Crippen LogP contribution in [0.5, 0.6) is 0 Å². The molecule has 6 nitrogen and oxygen atoms in total. The number of hydrogen-bond donors (Lipinski definition) is 2. The Balaban J connectivity index is 1.56. The van der Waals surface area contributed by atoms with E-state index in [1.807, 2.05) is 18.2 Å². The molecule has 28 heavy (non-hydrogen) atoms. The van der Waals surface area contributed by atoms with Crippen LogP contribution < -0.4 is 10.6 Å². The number of nitrogens with one attached hydrogen (secondary N) is 2. The van der Waals surface area contributed by atoms with E-state index in [9.17, 15) is 5.26 Å². The van der Waals surface area contributed by atoms with Crippen LogP contribution in [0, 0.1) is 18.3 Å². The van der Waals surface area contributed by atoms with Gasteiger partial charge in [0.05, 0.1) is 11.6 Å². The Morgan fingerprint density at radius 3 is 2.71 bits per heavy atom. The number of piperidine rings is 1. The number of benzene rings is 2. The van der Waals surface area contributed by atoms with Gasteiger partial charge in [-0.25, -0.2) is 9.97 Å². The molecule has 2 N–H and O–H groups in total. The van der Waals surface area contributed by atoms with E-state index < -0.39 is 0 Å². The van der Waals surface area contributed by atoms with E-state index in [0.29, 0.717) is 28.8 Å². The molecule has 2 heterocycles. The van der Waals surface area contributed by atoms with Gasteiger partial charge in [0.25, 0.3) is 0 Å². The minimum Gasteiger partial charge on any atom is -0.324 e. The molecule has 0 aliphatic carbocycles. The minimum absolute atomic E-state index is 0.465. The van der Waals surface area contributed by atoms with Crippen LogP contribution in [0.3, 0.4) is 0 Å². The van der Waals surface area contributed by atoms with Crippen molar-refractivity contribution in [1.29, 1.82) is 5.26 Å². The second kappa shape index (κ2) is 8.15. The highest BCUT2D eigenvalue weighted by Gasteiger charge is 2.17. The molecule has 0 bridgehead atoms. The molecule has 0 saturated carbocycles. The lowest BCUT2D eigenvalue weighted by Gasteiger charge is -2.24. The fourth-order valence-corrected chi connectivity index (χ4v) is 3.74. The summed E-state index contributed by atoms with van der Waals surface area (Å²) in [6.45, 7) is 4.33. The Bertz CT molecular complexity index is 1020. The van der Waals surface area contributed by atoms with E-state index in [4.69, 9.17) is 0 Å². The highest BCUT2D eigenvalue weighted by atomic mass is 15.1. The van der Waals surface area contributed by atoms with E-state index in [2.05, 4.69) is 56.8 Å². The number of aromatic nitrogens is 3. The monoisotopic (exact) mass is 370 g/mol. The zero-order valence-corrected chi connectivity index (χ0v) is 15.8. The molecule has 1 aromatic heterocycles.